The van der Waals surface area contributed by atoms with E-state index in [1.165, 1.54) is 13.2 Å². The van der Waals surface area contributed by atoms with Crippen LogP contribution in [0.25, 0.3) is 0 Å². The molecule has 1 aromatic carbocycles. The fourth-order valence-corrected chi connectivity index (χ4v) is 4.83. The number of ether oxygens (including phenoxy) is 3. The molecule has 3 aliphatic rings. The SMILES string of the molecule is COC(=O)c1cc(F)c2c(c1)CCN([C@H]1CCOC3(C1)CN(C(=O)OC(C)(C)C)C3)C2. The Balaban J connectivity index is 1.40. The van der Waals surface area contributed by atoms with Crippen molar-refractivity contribution in [3.8, 4) is 0 Å². The largest absolute Gasteiger partial charge is 0.465 e. The first-order chi connectivity index (χ1) is 14.6. The second-order valence-electron chi connectivity index (χ2n) is 9.82. The quantitative estimate of drug-likeness (QED) is 0.667. The molecule has 8 heteroatoms. The molecule has 0 radical (unpaired) electrons. The van der Waals surface area contributed by atoms with Gasteiger partial charge >= 0.3 is 12.1 Å². The number of hydrogen-bond acceptors (Lipinski definition) is 6. The average Bonchev–Trinajstić information content (AvgIpc) is 2.69. The Kier molecular flexibility index (Phi) is 5.72. The minimum atomic E-state index is -0.519. The number of fused-ring (bicyclic) bond motifs is 1. The molecule has 170 valence electrons. The first-order valence-corrected chi connectivity index (χ1v) is 10.8. The first-order valence-electron chi connectivity index (χ1n) is 10.8. The van der Waals surface area contributed by atoms with Crippen molar-refractivity contribution in [2.24, 2.45) is 0 Å². The van der Waals surface area contributed by atoms with Crippen molar-refractivity contribution in [2.45, 2.75) is 63.8 Å². The van der Waals surface area contributed by atoms with Crippen LogP contribution in [0.5, 0.6) is 0 Å². The maximum Gasteiger partial charge on any atom is 0.410 e. The van der Waals surface area contributed by atoms with E-state index in [9.17, 15) is 14.0 Å². The van der Waals surface area contributed by atoms with Gasteiger partial charge in [0.05, 0.1) is 25.8 Å². The van der Waals surface area contributed by atoms with Gasteiger partial charge in [0.2, 0.25) is 0 Å². The van der Waals surface area contributed by atoms with E-state index < -0.39 is 11.6 Å². The van der Waals surface area contributed by atoms with Crippen molar-refractivity contribution >= 4 is 12.1 Å². The van der Waals surface area contributed by atoms with Crippen LogP contribution in [0.4, 0.5) is 9.18 Å². The van der Waals surface area contributed by atoms with Gasteiger partial charge in [-0.1, -0.05) is 0 Å². The van der Waals surface area contributed by atoms with Gasteiger partial charge < -0.3 is 19.1 Å². The van der Waals surface area contributed by atoms with E-state index in [0.29, 0.717) is 38.2 Å². The summed E-state index contributed by atoms with van der Waals surface area (Å²) in [5.41, 5.74) is 0.929. The number of hydrogen-bond donors (Lipinski definition) is 0. The van der Waals surface area contributed by atoms with Crippen LogP contribution in [-0.4, -0.2) is 72.5 Å². The van der Waals surface area contributed by atoms with Gasteiger partial charge in [-0.2, -0.15) is 0 Å². The molecule has 0 unspecified atom stereocenters. The lowest BCUT2D eigenvalue weighted by atomic mass is 9.82. The van der Waals surface area contributed by atoms with Crippen LogP contribution >= 0.6 is 0 Å². The number of carbonyl (C=O) groups is 2. The summed E-state index contributed by atoms with van der Waals surface area (Å²) >= 11 is 0. The van der Waals surface area contributed by atoms with Crippen LogP contribution < -0.4 is 0 Å². The molecule has 3 aliphatic heterocycles. The Bertz CT molecular complexity index is 875. The molecule has 2 saturated heterocycles. The highest BCUT2D eigenvalue weighted by atomic mass is 19.1. The first kappa shape index (κ1) is 22.0. The molecule has 1 spiro atoms. The highest BCUT2D eigenvalue weighted by Gasteiger charge is 2.51. The summed E-state index contributed by atoms with van der Waals surface area (Å²) in [4.78, 5) is 28.1. The van der Waals surface area contributed by atoms with E-state index in [1.807, 2.05) is 20.8 Å². The Morgan fingerprint density at radius 1 is 1.26 bits per heavy atom. The van der Waals surface area contributed by atoms with Gasteiger partial charge in [-0.05, 0) is 57.7 Å². The van der Waals surface area contributed by atoms with Gasteiger partial charge in [-0.25, -0.2) is 14.0 Å². The summed E-state index contributed by atoms with van der Waals surface area (Å²) in [6.45, 7) is 8.56. The van der Waals surface area contributed by atoms with Crippen molar-refractivity contribution in [3.05, 3.63) is 34.6 Å². The van der Waals surface area contributed by atoms with Crippen LogP contribution in [0.3, 0.4) is 0 Å². The van der Waals surface area contributed by atoms with Crippen LogP contribution in [0.2, 0.25) is 0 Å². The second-order valence-corrected chi connectivity index (χ2v) is 9.82. The predicted molar refractivity (Wildman–Crippen MR) is 111 cm³/mol. The molecule has 0 aliphatic carbocycles. The van der Waals surface area contributed by atoms with Gasteiger partial charge in [0.1, 0.15) is 17.0 Å². The summed E-state index contributed by atoms with van der Waals surface area (Å²) in [5, 5.41) is 0. The van der Waals surface area contributed by atoms with Crippen LogP contribution in [-0.2, 0) is 27.2 Å². The molecule has 0 aromatic heterocycles. The van der Waals surface area contributed by atoms with Crippen molar-refractivity contribution in [2.75, 3.05) is 33.4 Å². The maximum absolute atomic E-state index is 14.8. The Hall–Kier alpha value is -2.19. The van der Waals surface area contributed by atoms with Crippen LogP contribution in [0.15, 0.2) is 12.1 Å². The highest BCUT2D eigenvalue weighted by Crippen LogP contribution is 2.38. The van der Waals surface area contributed by atoms with Crippen molar-refractivity contribution in [3.63, 3.8) is 0 Å². The van der Waals surface area contributed by atoms with E-state index in [0.717, 1.165) is 24.9 Å². The predicted octanol–water partition coefficient (Wildman–Crippen LogP) is 3.14. The number of benzene rings is 1. The number of carbonyl (C=O) groups excluding carboxylic acids is 2. The smallest absolute Gasteiger partial charge is 0.410 e. The van der Waals surface area contributed by atoms with Crippen molar-refractivity contribution < 1.29 is 28.2 Å². The summed E-state index contributed by atoms with van der Waals surface area (Å²) in [5.74, 6) is -0.876. The van der Waals surface area contributed by atoms with Gasteiger partial charge in [-0.3, -0.25) is 4.90 Å². The van der Waals surface area contributed by atoms with E-state index in [1.54, 1.807) is 11.0 Å². The molecule has 1 aromatic rings. The fraction of sp³-hybridized carbons (Fsp3) is 0.652. The number of amides is 1. The minimum Gasteiger partial charge on any atom is -0.465 e. The summed E-state index contributed by atoms with van der Waals surface area (Å²) < 4.78 is 31.0. The molecule has 7 nitrogen and oxygen atoms in total. The number of halogens is 1. The van der Waals surface area contributed by atoms with E-state index in [2.05, 4.69) is 4.90 Å². The lowest BCUT2D eigenvalue weighted by molar-refractivity contribution is -0.177. The summed E-state index contributed by atoms with van der Waals surface area (Å²) in [6, 6.07) is 3.28. The molecule has 1 atom stereocenters. The highest BCUT2D eigenvalue weighted by molar-refractivity contribution is 5.89. The summed E-state index contributed by atoms with van der Waals surface area (Å²) in [6.07, 6.45) is 2.07. The maximum atomic E-state index is 14.8. The van der Waals surface area contributed by atoms with Gasteiger partial charge in [-0.15, -0.1) is 0 Å². The van der Waals surface area contributed by atoms with E-state index in [-0.39, 0.29) is 29.1 Å². The second kappa shape index (κ2) is 8.06. The number of nitrogens with zero attached hydrogens (tertiary/aromatic N) is 2. The molecular formula is C23H31FN2O5. The monoisotopic (exact) mass is 434 g/mol. The third-order valence-electron chi connectivity index (χ3n) is 6.33. The van der Waals surface area contributed by atoms with E-state index >= 15 is 0 Å². The van der Waals surface area contributed by atoms with Gasteiger partial charge in [0.25, 0.3) is 0 Å². The van der Waals surface area contributed by atoms with Crippen LogP contribution in [0.1, 0.15) is 55.1 Å². The Labute approximate surface area is 182 Å². The van der Waals surface area contributed by atoms with Crippen LogP contribution in [0, 0.1) is 5.82 Å². The molecule has 0 saturated carbocycles. The Morgan fingerprint density at radius 3 is 2.68 bits per heavy atom. The third kappa shape index (κ3) is 4.55. The lowest BCUT2D eigenvalue weighted by Crippen LogP contribution is -2.68. The molecule has 0 bridgehead atoms. The van der Waals surface area contributed by atoms with E-state index in [4.69, 9.17) is 14.2 Å². The summed E-state index contributed by atoms with van der Waals surface area (Å²) in [7, 11) is 1.30. The molecule has 0 N–H and O–H groups in total. The zero-order chi connectivity index (χ0) is 22.4. The van der Waals surface area contributed by atoms with Gasteiger partial charge in [0, 0.05) is 31.3 Å². The van der Waals surface area contributed by atoms with Crippen molar-refractivity contribution in [1.82, 2.24) is 9.80 Å². The molecule has 2 fully saturated rings. The minimum absolute atomic E-state index is 0.258. The molecule has 31 heavy (non-hydrogen) atoms. The normalized spacial score (nSPS) is 23.1. The topological polar surface area (TPSA) is 68.3 Å². The number of esters is 1. The van der Waals surface area contributed by atoms with Crippen molar-refractivity contribution in [1.29, 1.82) is 0 Å². The zero-order valence-corrected chi connectivity index (χ0v) is 18.7. The fourth-order valence-electron chi connectivity index (χ4n) is 4.83. The molecular weight excluding hydrogens is 403 g/mol. The number of likely N-dealkylation sites (tertiary alicyclic amines) is 1. The lowest BCUT2D eigenvalue weighted by Gasteiger charge is -2.54. The number of rotatable bonds is 2. The third-order valence-corrected chi connectivity index (χ3v) is 6.33. The zero-order valence-electron chi connectivity index (χ0n) is 18.7. The molecule has 3 heterocycles. The standard InChI is InChI=1S/C23H31FN2O5/c1-22(2,3)31-21(28)26-13-23(14-26)11-17(6-8-30-23)25-7-5-15-9-16(20(27)29-4)10-19(24)18(15)12-25/h9-10,17H,5-8,11-14H2,1-4H3/t17-/m0/s1. The number of methoxy groups -OCH3 is 1. The average molecular weight is 435 g/mol. The molecule has 1 amide bonds. The molecule has 4 rings (SSSR count). The van der Waals surface area contributed by atoms with Gasteiger partial charge in [0.15, 0.2) is 0 Å². The Morgan fingerprint density at radius 2 is 2.00 bits per heavy atom.